The second-order valence-corrected chi connectivity index (χ2v) is 8.85. The lowest BCUT2D eigenvalue weighted by Crippen LogP contribution is -2.15. The van der Waals surface area contributed by atoms with Crippen molar-refractivity contribution in [2.45, 2.75) is 32.1 Å². The van der Waals surface area contributed by atoms with E-state index >= 15 is 0 Å². The van der Waals surface area contributed by atoms with Gasteiger partial charge in [0, 0.05) is 18.7 Å². The number of anilines is 1. The molecular formula is C25H20F2N8. The Hall–Kier alpha value is -4.52. The maximum atomic E-state index is 14.0. The minimum Gasteiger partial charge on any atom is -0.383 e. The molecule has 0 unspecified atom stereocenters. The highest BCUT2D eigenvalue weighted by molar-refractivity contribution is 6.01. The summed E-state index contributed by atoms with van der Waals surface area (Å²) >= 11 is 0. The van der Waals surface area contributed by atoms with Crippen LogP contribution in [0.1, 0.15) is 32.0 Å². The van der Waals surface area contributed by atoms with Crippen LogP contribution in [0.2, 0.25) is 0 Å². The molecule has 0 aliphatic rings. The van der Waals surface area contributed by atoms with Gasteiger partial charge in [0.2, 0.25) is 0 Å². The number of hydrogen-bond acceptors (Lipinski definition) is 7. The van der Waals surface area contributed by atoms with Gasteiger partial charge >= 0.3 is 0 Å². The standard InChI is InChI=1S/C25H20F2N8/c1-24(2,12-28)20-7-4-15(10-31-20)35-13-33-19-11-30-18-6-5-17(34-21(18)22(19)35)14-8-16(25(3,26)27)23(29)32-9-14/h4-11,13H,1-3H3,(H2,29,32). The maximum Gasteiger partial charge on any atom is 0.274 e. The number of pyridine rings is 4. The minimum atomic E-state index is -3.14. The lowest BCUT2D eigenvalue weighted by molar-refractivity contribution is 0.0180. The Morgan fingerprint density at radius 2 is 1.74 bits per heavy atom. The number of alkyl halides is 2. The van der Waals surface area contributed by atoms with Crippen LogP contribution in [0.25, 0.3) is 39.0 Å². The summed E-state index contributed by atoms with van der Waals surface area (Å²) in [5.41, 5.74) is 9.29. The predicted molar refractivity (Wildman–Crippen MR) is 128 cm³/mol. The van der Waals surface area contributed by atoms with E-state index in [4.69, 9.17) is 10.7 Å². The molecule has 0 atom stereocenters. The van der Waals surface area contributed by atoms with E-state index in [1.54, 1.807) is 50.8 Å². The highest BCUT2D eigenvalue weighted by atomic mass is 19.3. The fourth-order valence-electron chi connectivity index (χ4n) is 3.83. The molecule has 5 aromatic rings. The van der Waals surface area contributed by atoms with Gasteiger partial charge < -0.3 is 5.73 Å². The van der Waals surface area contributed by atoms with Crippen LogP contribution in [0.15, 0.2) is 55.2 Å². The maximum absolute atomic E-state index is 14.0. The average molecular weight is 470 g/mol. The summed E-state index contributed by atoms with van der Waals surface area (Å²) in [7, 11) is 0. The third-order valence-electron chi connectivity index (χ3n) is 5.85. The number of imidazole rings is 1. The van der Waals surface area contributed by atoms with Crippen molar-refractivity contribution < 1.29 is 8.78 Å². The summed E-state index contributed by atoms with van der Waals surface area (Å²) in [4.78, 5) is 22.0. The topological polar surface area (TPSA) is 119 Å². The monoisotopic (exact) mass is 470 g/mol. The Bertz CT molecular complexity index is 1630. The average Bonchev–Trinajstić information content (AvgIpc) is 3.28. The van der Waals surface area contributed by atoms with E-state index in [9.17, 15) is 14.0 Å². The third-order valence-corrected chi connectivity index (χ3v) is 5.85. The molecule has 5 heterocycles. The molecule has 0 aliphatic carbocycles. The van der Waals surface area contributed by atoms with E-state index in [0.717, 1.165) is 12.6 Å². The van der Waals surface area contributed by atoms with Crippen LogP contribution in [-0.2, 0) is 11.3 Å². The lowest BCUT2D eigenvalue weighted by atomic mass is 9.91. The molecule has 0 fully saturated rings. The fraction of sp³-hybridized carbons (Fsp3) is 0.200. The van der Waals surface area contributed by atoms with Crippen molar-refractivity contribution >= 4 is 27.9 Å². The van der Waals surface area contributed by atoms with Crippen molar-refractivity contribution in [3.8, 4) is 23.0 Å². The van der Waals surface area contributed by atoms with Gasteiger partial charge in [-0.25, -0.2) is 23.7 Å². The van der Waals surface area contributed by atoms with E-state index in [1.807, 2.05) is 10.6 Å². The minimum absolute atomic E-state index is 0.223. The van der Waals surface area contributed by atoms with Crippen LogP contribution in [0.5, 0.6) is 0 Å². The summed E-state index contributed by atoms with van der Waals surface area (Å²) in [5.74, 6) is -3.36. The molecule has 0 radical (unpaired) electrons. The first-order chi connectivity index (χ1) is 16.6. The third kappa shape index (κ3) is 3.81. The van der Waals surface area contributed by atoms with E-state index in [0.29, 0.717) is 39.0 Å². The number of hydrogen-bond donors (Lipinski definition) is 1. The number of halogens is 2. The van der Waals surface area contributed by atoms with Crippen molar-refractivity contribution in [2.24, 2.45) is 0 Å². The molecule has 0 saturated heterocycles. The van der Waals surface area contributed by atoms with E-state index in [2.05, 4.69) is 26.0 Å². The van der Waals surface area contributed by atoms with Crippen molar-refractivity contribution in [2.75, 3.05) is 5.73 Å². The van der Waals surface area contributed by atoms with Gasteiger partial charge in [0.05, 0.1) is 52.0 Å². The van der Waals surface area contributed by atoms with Crippen LogP contribution in [0.4, 0.5) is 14.6 Å². The first-order valence-electron chi connectivity index (χ1n) is 10.7. The van der Waals surface area contributed by atoms with Gasteiger partial charge in [-0.15, -0.1) is 0 Å². The molecule has 0 saturated carbocycles. The van der Waals surface area contributed by atoms with Crippen molar-refractivity contribution in [3.63, 3.8) is 0 Å². The second-order valence-electron chi connectivity index (χ2n) is 8.85. The smallest absolute Gasteiger partial charge is 0.274 e. The normalized spacial score (nSPS) is 12.2. The number of aromatic nitrogens is 6. The summed E-state index contributed by atoms with van der Waals surface area (Å²) in [5, 5.41) is 9.38. The van der Waals surface area contributed by atoms with Crippen LogP contribution >= 0.6 is 0 Å². The molecule has 174 valence electrons. The van der Waals surface area contributed by atoms with Gasteiger partial charge in [0.15, 0.2) is 0 Å². The van der Waals surface area contributed by atoms with Gasteiger partial charge in [0.25, 0.3) is 5.92 Å². The largest absolute Gasteiger partial charge is 0.383 e. The number of nitrogens with two attached hydrogens (primary N) is 1. The van der Waals surface area contributed by atoms with Gasteiger partial charge in [-0.2, -0.15) is 5.26 Å². The molecule has 2 N–H and O–H groups in total. The highest BCUT2D eigenvalue weighted by Crippen LogP contribution is 2.34. The molecule has 35 heavy (non-hydrogen) atoms. The predicted octanol–water partition coefficient (Wildman–Crippen LogP) is 4.92. The first kappa shape index (κ1) is 22.3. The summed E-state index contributed by atoms with van der Waals surface area (Å²) in [6.07, 6.45) is 6.39. The zero-order valence-corrected chi connectivity index (χ0v) is 19.2. The second kappa shape index (κ2) is 7.77. The van der Waals surface area contributed by atoms with Crippen LogP contribution in [-0.4, -0.2) is 29.5 Å². The van der Waals surface area contributed by atoms with Crippen molar-refractivity contribution in [1.29, 1.82) is 5.26 Å². The number of nitrogens with zero attached hydrogens (tertiary/aromatic N) is 7. The number of nitriles is 1. The van der Waals surface area contributed by atoms with Crippen LogP contribution in [0, 0.1) is 11.3 Å². The van der Waals surface area contributed by atoms with E-state index < -0.39 is 11.3 Å². The highest BCUT2D eigenvalue weighted by Gasteiger charge is 2.28. The molecule has 10 heteroatoms. The summed E-state index contributed by atoms with van der Waals surface area (Å²) < 4.78 is 29.9. The number of rotatable bonds is 4. The summed E-state index contributed by atoms with van der Waals surface area (Å²) in [6.45, 7) is 4.39. The molecule has 0 bridgehead atoms. The Morgan fingerprint density at radius 1 is 0.943 bits per heavy atom. The van der Waals surface area contributed by atoms with Crippen LogP contribution < -0.4 is 5.73 Å². The fourth-order valence-corrected chi connectivity index (χ4v) is 3.83. The van der Waals surface area contributed by atoms with Crippen molar-refractivity contribution in [3.05, 3.63) is 66.5 Å². The van der Waals surface area contributed by atoms with Gasteiger partial charge in [-0.05, 0) is 44.2 Å². The van der Waals surface area contributed by atoms with Gasteiger partial charge in [0.1, 0.15) is 28.7 Å². The quantitative estimate of drug-likeness (QED) is 0.396. The lowest BCUT2D eigenvalue weighted by Gasteiger charge is -2.15. The van der Waals surface area contributed by atoms with Crippen LogP contribution in [0.3, 0.4) is 0 Å². The summed E-state index contributed by atoms with van der Waals surface area (Å²) in [6, 6.07) is 10.7. The zero-order chi connectivity index (χ0) is 25.0. The molecule has 0 spiro atoms. The Morgan fingerprint density at radius 3 is 2.43 bits per heavy atom. The Labute approximate surface area is 199 Å². The van der Waals surface area contributed by atoms with Crippen molar-refractivity contribution in [1.82, 2.24) is 29.5 Å². The molecule has 8 nitrogen and oxygen atoms in total. The zero-order valence-electron chi connectivity index (χ0n) is 19.2. The molecular weight excluding hydrogens is 450 g/mol. The molecule has 0 aliphatic heterocycles. The Balaban J connectivity index is 1.68. The molecule has 5 rings (SSSR count). The number of nitrogen functional groups attached to an aromatic ring is 1. The molecule has 0 aromatic carbocycles. The van der Waals surface area contributed by atoms with E-state index in [-0.39, 0.29) is 11.4 Å². The SMILES string of the molecule is CC(F)(F)c1cc(-c2ccc3ncc4ncn(-c5ccc(C(C)(C)C#N)nc5)c4c3n2)cnc1N. The van der Waals surface area contributed by atoms with Gasteiger partial charge in [-0.3, -0.25) is 14.5 Å². The first-order valence-corrected chi connectivity index (χ1v) is 10.7. The van der Waals surface area contributed by atoms with E-state index in [1.165, 1.54) is 12.3 Å². The molecule has 0 amide bonds. The Kier molecular flexibility index (Phi) is 4.95. The number of fused-ring (bicyclic) bond motifs is 3. The van der Waals surface area contributed by atoms with Gasteiger partial charge in [-0.1, -0.05) is 0 Å². The molecule has 5 aromatic heterocycles.